The maximum Gasteiger partial charge on any atom is 0.374 e. The monoisotopic (exact) mass is 382 g/mol. The van der Waals surface area contributed by atoms with E-state index in [9.17, 15) is 14.9 Å². The molecule has 0 saturated carbocycles. The summed E-state index contributed by atoms with van der Waals surface area (Å²) < 4.78 is 10.5. The molecule has 11 nitrogen and oxygen atoms in total. The zero-order valence-corrected chi connectivity index (χ0v) is 14.5. The summed E-state index contributed by atoms with van der Waals surface area (Å²) in [5.74, 6) is -0.121. The van der Waals surface area contributed by atoms with Crippen LogP contribution in [0.5, 0.6) is 17.4 Å². The number of methoxy groups -OCH3 is 1. The van der Waals surface area contributed by atoms with Crippen LogP contribution < -0.4 is 20.3 Å². The first-order valence-electron chi connectivity index (χ1n) is 7.86. The quantitative estimate of drug-likeness (QED) is 0.465. The van der Waals surface area contributed by atoms with Crippen LogP contribution in [0, 0.1) is 10.1 Å². The smallest absolute Gasteiger partial charge is 0.374 e. The SMILES string of the molecule is COc1ccc(Oc2ncnc(NNC(=O)c3ccncc3)c2[N+](=O)[O-])cc1. The number of aromatic nitrogens is 3. The lowest BCUT2D eigenvalue weighted by Crippen LogP contribution is -2.30. The molecule has 1 amide bonds. The van der Waals surface area contributed by atoms with Crippen molar-refractivity contribution >= 4 is 17.4 Å². The standard InChI is InChI=1S/C17H14N6O5/c1-27-12-2-4-13(5-3-12)28-17-14(23(25)26)15(19-10-20-17)21-22-16(24)11-6-8-18-9-7-11/h2-10H,1H3,(H,22,24)(H,19,20,21). The van der Waals surface area contributed by atoms with Gasteiger partial charge in [0.2, 0.25) is 5.82 Å². The lowest BCUT2D eigenvalue weighted by atomic mass is 10.3. The van der Waals surface area contributed by atoms with Crippen molar-refractivity contribution in [2.24, 2.45) is 0 Å². The van der Waals surface area contributed by atoms with Crippen molar-refractivity contribution < 1.29 is 19.2 Å². The minimum Gasteiger partial charge on any atom is -0.497 e. The first kappa shape index (κ1) is 18.5. The van der Waals surface area contributed by atoms with Gasteiger partial charge in [0.1, 0.15) is 17.8 Å². The molecule has 1 aromatic carbocycles. The van der Waals surface area contributed by atoms with Gasteiger partial charge in [-0.25, -0.2) is 4.98 Å². The third kappa shape index (κ3) is 4.27. The van der Waals surface area contributed by atoms with Crippen LogP contribution >= 0.6 is 0 Å². The van der Waals surface area contributed by atoms with Crippen LogP contribution in [0.3, 0.4) is 0 Å². The normalized spacial score (nSPS) is 10.0. The van der Waals surface area contributed by atoms with Crippen molar-refractivity contribution in [1.82, 2.24) is 20.4 Å². The molecule has 2 N–H and O–H groups in total. The molecule has 0 saturated heterocycles. The van der Waals surface area contributed by atoms with E-state index in [0.29, 0.717) is 17.1 Å². The summed E-state index contributed by atoms with van der Waals surface area (Å²) in [6, 6.07) is 9.39. The second kappa shape index (κ2) is 8.40. The number of nitrogens with zero attached hydrogens (tertiary/aromatic N) is 4. The van der Waals surface area contributed by atoms with Crippen LogP contribution in [0.25, 0.3) is 0 Å². The number of rotatable bonds is 7. The van der Waals surface area contributed by atoms with E-state index in [2.05, 4.69) is 25.8 Å². The van der Waals surface area contributed by atoms with Crippen molar-refractivity contribution in [2.45, 2.75) is 0 Å². The summed E-state index contributed by atoms with van der Waals surface area (Å²) in [6.45, 7) is 0. The van der Waals surface area contributed by atoms with E-state index < -0.39 is 16.5 Å². The summed E-state index contributed by atoms with van der Waals surface area (Å²) >= 11 is 0. The van der Waals surface area contributed by atoms with Gasteiger partial charge in [-0.3, -0.25) is 30.7 Å². The highest BCUT2D eigenvalue weighted by Gasteiger charge is 2.25. The van der Waals surface area contributed by atoms with E-state index in [-0.39, 0.29) is 11.7 Å². The Bertz CT molecular complexity index is 981. The minimum atomic E-state index is -0.709. The topological polar surface area (TPSA) is 141 Å². The van der Waals surface area contributed by atoms with Crippen molar-refractivity contribution in [3.05, 3.63) is 70.8 Å². The second-order valence-corrected chi connectivity index (χ2v) is 5.23. The van der Waals surface area contributed by atoms with E-state index in [1.165, 1.54) is 31.6 Å². The highest BCUT2D eigenvalue weighted by Crippen LogP contribution is 2.34. The maximum absolute atomic E-state index is 12.1. The summed E-state index contributed by atoms with van der Waals surface area (Å²) in [4.78, 5) is 34.3. The van der Waals surface area contributed by atoms with Crippen LogP contribution in [-0.2, 0) is 0 Å². The van der Waals surface area contributed by atoms with Gasteiger partial charge in [-0.15, -0.1) is 0 Å². The molecular formula is C17H14N6O5. The van der Waals surface area contributed by atoms with E-state index in [0.717, 1.165) is 6.33 Å². The van der Waals surface area contributed by atoms with Crippen molar-refractivity contribution in [3.63, 3.8) is 0 Å². The summed E-state index contributed by atoms with van der Waals surface area (Å²) in [5.41, 5.74) is 4.54. The number of nitro groups is 1. The zero-order chi connectivity index (χ0) is 19.9. The fourth-order valence-corrected chi connectivity index (χ4v) is 2.14. The number of hydrazine groups is 1. The Balaban J connectivity index is 1.80. The number of amides is 1. The highest BCUT2D eigenvalue weighted by atomic mass is 16.6. The van der Waals surface area contributed by atoms with Gasteiger partial charge in [0, 0.05) is 18.0 Å². The van der Waals surface area contributed by atoms with Crippen LogP contribution in [0.1, 0.15) is 10.4 Å². The molecule has 3 rings (SSSR count). The minimum absolute atomic E-state index is 0.231. The number of hydrogen-bond acceptors (Lipinski definition) is 9. The molecule has 0 spiro atoms. The Hall–Kier alpha value is -4.28. The number of carbonyl (C=O) groups excluding carboxylic acids is 1. The Morgan fingerprint density at radius 2 is 1.75 bits per heavy atom. The average molecular weight is 382 g/mol. The van der Waals surface area contributed by atoms with Crippen LogP contribution in [0.4, 0.5) is 11.5 Å². The van der Waals surface area contributed by atoms with Gasteiger partial charge in [0.25, 0.3) is 5.91 Å². The van der Waals surface area contributed by atoms with Gasteiger partial charge in [-0.05, 0) is 36.4 Å². The third-order valence-corrected chi connectivity index (χ3v) is 3.48. The fraction of sp³-hybridized carbons (Fsp3) is 0.0588. The average Bonchev–Trinajstić information content (AvgIpc) is 2.73. The molecule has 3 aromatic rings. The summed E-state index contributed by atoms with van der Waals surface area (Å²) in [5, 5.41) is 11.5. The van der Waals surface area contributed by atoms with E-state index >= 15 is 0 Å². The van der Waals surface area contributed by atoms with Crippen LogP contribution in [0.15, 0.2) is 55.1 Å². The number of pyridine rings is 1. The molecule has 2 heterocycles. The molecule has 0 fully saturated rings. The molecule has 0 aliphatic carbocycles. The third-order valence-electron chi connectivity index (χ3n) is 3.48. The molecule has 0 aliphatic rings. The molecule has 0 unspecified atom stereocenters. The largest absolute Gasteiger partial charge is 0.497 e. The number of nitrogens with one attached hydrogen (secondary N) is 2. The Kier molecular flexibility index (Phi) is 5.55. The molecule has 28 heavy (non-hydrogen) atoms. The fourth-order valence-electron chi connectivity index (χ4n) is 2.14. The number of carbonyl (C=O) groups is 1. The first-order chi connectivity index (χ1) is 13.6. The zero-order valence-electron chi connectivity index (χ0n) is 14.5. The molecule has 0 atom stereocenters. The number of anilines is 1. The molecule has 0 aliphatic heterocycles. The number of benzene rings is 1. The van der Waals surface area contributed by atoms with Crippen molar-refractivity contribution in [1.29, 1.82) is 0 Å². The number of hydrogen-bond donors (Lipinski definition) is 2. The lowest BCUT2D eigenvalue weighted by Gasteiger charge is -2.10. The molecule has 0 radical (unpaired) electrons. The first-order valence-corrected chi connectivity index (χ1v) is 7.86. The predicted octanol–water partition coefficient (Wildman–Crippen LogP) is 2.34. The Labute approximate surface area is 158 Å². The van der Waals surface area contributed by atoms with Gasteiger partial charge in [0.15, 0.2) is 0 Å². The van der Waals surface area contributed by atoms with E-state index in [1.54, 1.807) is 24.3 Å². The summed E-state index contributed by atoms with van der Waals surface area (Å²) in [7, 11) is 1.52. The van der Waals surface area contributed by atoms with E-state index in [4.69, 9.17) is 9.47 Å². The molecule has 2 aromatic heterocycles. The molecule has 142 valence electrons. The van der Waals surface area contributed by atoms with Gasteiger partial charge in [-0.2, -0.15) is 4.98 Å². The molecular weight excluding hydrogens is 368 g/mol. The van der Waals surface area contributed by atoms with Crippen LogP contribution in [-0.4, -0.2) is 32.9 Å². The molecule has 0 bridgehead atoms. The van der Waals surface area contributed by atoms with Gasteiger partial charge in [0.05, 0.1) is 12.0 Å². The van der Waals surface area contributed by atoms with E-state index in [1.807, 2.05) is 0 Å². The van der Waals surface area contributed by atoms with Crippen molar-refractivity contribution in [3.8, 4) is 17.4 Å². The Morgan fingerprint density at radius 1 is 1.07 bits per heavy atom. The van der Waals surface area contributed by atoms with Crippen LogP contribution in [0.2, 0.25) is 0 Å². The van der Waals surface area contributed by atoms with Gasteiger partial charge in [-0.1, -0.05) is 0 Å². The van der Waals surface area contributed by atoms with Gasteiger partial charge >= 0.3 is 11.6 Å². The summed E-state index contributed by atoms with van der Waals surface area (Å²) in [6.07, 6.45) is 3.97. The maximum atomic E-state index is 12.1. The highest BCUT2D eigenvalue weighted by molar-refractivity contribution is 5.94. The second-order valence-electron chi connectivity index (χ2n) is 5.23. The number of ether oxygens (including phenoxy) is 2. The molecule has 11 heteroatoms. The van der Waals surface area contributed by atoms with Gasteiger partial charge < -0.3 is 9.47 Å². The lowest BCUT2D eigenvalue weighted by molar-refractivity contribution is -0.385. The Morgan fingerprint density at radius 3 is 2.39 bits per heavy atom. The van der Waals surface area contributed by atoms with Crippen molar-refractivity contribution in [2.75, 3.05) is 12.5 Å². The predicted molar refractivity (Wildman–Crippen MR) is 97.1 cm³/mol.